The van der Waals surface area contributed by atoms with Gasteiger partial charge in [0, 0.05) is 0 Å². The van der Waals surface area contributed by atoms with Gasteiger partial charge in [-0.25, -0.2) is 0 Å². The second-order valence-corrected chi connectivity index (χ2v) is 10.7. The van der Waals surface area contributed by atoms with Gasteiger partial charge in [-0.05, 0) is 70.2 Å². The molecule has 5 nitrogen and oxygen atoms in total. The lowest BCUT2D eigenvalue weighted by molar-refractivity contribution is 0.236. The summed E-state index contributed by atoms with van der Waals surface area (Å²) in [4.78, 5) is 0. The van der Waals surface area contributed by atoms with E-state index in [2.05, 4.69) is 0 Å². The smallest absolute Gasteiger partial charge is 0.305 e. The van der Waals surface area contributed by atoms with Crippen molar-refractivity contribution in [1.82, 2.24) is 0 Å². The summed E-state index contributed by atoms with van der Waals surface area (Å²) in [5, 5.41) is 20.6. The van der Waals surface area contributed by atoms with Crippen molar-refractivity contribution in [3.63, 3.8) is 0 Å². The van der Waals surface area contributed by atoms with Crippen molar-refractivity contribution in [3.8, 4) is 11.5 Å². The molecule has 0 radical (unpaired) electrons. The lowest BCUT2D eigenvalue weighted by atomic mass is 9.84. The Labute approximate surface area is 182 Å². The molecule has 0 unspecified atom stereocenters. The first-order valence-electron chi connectivity index (χ1n) is 10.0. The molecule has 2 rings (SSSR count). The standard InChI is InChI=1S/C24H34O5S/c1-15-9-17(11-19(21(15)25)23(3,4)5)13-28-30(27)29-14-18-10-16(2)22(26)20(12-18)24(6,7)8/h9-12,25-26H,13-14H2,1-8H3. The highest BCUT2D eigenvalue weighted by atomic mass is 32.2. The molecule has 0 atom stereocenters. The minimum absolute atomic E-state index is 0.110. The average molecular weight is 435 g/mol. The van der Waals surface area contributed by atoms with Gasteiger partial charge in [-0.3, -0.25) is 8.37 Å². The van der Waals surface area contributed by atoms with Crippen LogP contribution in [0.5, 0.6) is 11.5 Å². The van der Waals surface area contributed by atoms with Crippen LogP contribution in [0.1, 0.15) is 74.9 Å². The Bertz CT molecular complexity index is 861. The fraction of sp³-hybridized carbons (Fsp3) is 0.500. The van der Waals surface area contributed by atoms with Gasteiger partial charge in [-0.15, -0.1) is 0 Å². The van der Waals surface area contributed by atoms with Crippen LogP contribution in [0.15, 0.2) is 24.3 Å². The number of benzene rings is 2. The van der Waals surface area contributed by atoms with Gasteiger partial charge in [0.05, 0.1) is 13.2 Å². The second kappa shape index (κ2) is 9.08. The summed E-state index contributed by atoms with van der Waals surface area (Å²) in [6.45, 7) is 16.0. The fourth-order valence-corrected chi connectivity index (χ4v) is 3.82. The zero-order valence-corrected chi connectivity index (χ0v) is 20.1. The van der Waals surface area contributed by atoms with Gasteiger partial charge >= 0.3 is 11.4 Å². The normalized spacial score (nSPS) is 12.6. The van der Waals surface area contributed by atoms with E-state index in [1.54, 1.807) is 0 Å². The van der Waals surface area contributed by atoms with E-state index >= 15 is 0 Å². The number of phenols is 2. The molecule has 6 heteroatoms. The van der Waals surface area contributed by atoms with E-state index in [0.29, 0.717) is 0 Å². The molecule has 2 aromatic rings. The van der Waals surface area contributed by atoms with Crippen molar-refractivity contribution in [3.05, 3.63) is 57.6 Å². The molecule has 166 valence electrons. The van der Waals surface area contributed by atoms with Crippen LogP contribution in [0.4, 0.5) is 0 Å². The quantitative estimate of drug-likeness (QED) is 0.617. The first-order valence-corrected chi connectivity index (χ1v) is 11.0. The molecule has 30 heavy (non-hydrogen) atoms. The van der Waals surface area contributed by atoms with E-state index in [1.807, 2.05) is 79.7 Å². The number of hydrogen-bond donors (Lipinski definition) is 2. The van der Waals surface area contributed by atoms with E-state index < -0.39 is 11.4 Å². The molecular weight excluding hydrogens is 400 g/mol. The summed E-state index contributed by atoms with van der Waals surface area (Å²) < 4.78 is 23.0. The first kappa shape index (κ1) is 24.4. The predicted molar refractivity (Wildman–Crippen MR) is 121 cm³/mol. The van der Waals surface area contributed by atoms with E-state index in [0.717, 1.165) is 33.4 Å². The topological polar surface area (TPSA) is 76.0 Å². The zero-order chi connectivity index (χ0) is 22.9. The lowest BCUT2D eigenvalue weighted by Gasteiger charge is -2.23. The molecule has 0 aromatic heterocycles. The molecule has 0 amide bonds. The van der Waals surface area contributed by atoms with Crippen molar-refractivity contribution in [1.29, 1.82) is 0 Å². The van der Waals surface area contributed by atoms with Crippen molar-refractivity contribution < 1.29 is 22.8 Å². The summed E-state index contributed by atoms with van der Waals surface area (Å²) in [7, 11) is 0. The molecule has 0 spiro atoms. The second-order valence-electron chi connectivity index (χ2n) is 9.85. The van der Waals surface area contributed by atoms with Crippen LogP contribution >= 0.6 is 0 Å². The Morgan fingerprint density at radius 3 is 1.37 bits per heavy atom. The third-order valence-electron chi connectivity index (χ3n) is 4.98. The van der Waals surface area contributed by atoms with Gasteiger partial charge in [0.25, 0.3) is 0 Å². The maximum absolute atomic E-state index is 12.2. The van der Waals surface area contributed by atoms with E-state index in [1.165, 1.54) is 0 Å². The molecular formula is C24H34O5S. The maximum Gasteiger partial charge on any atom is 0.305 e. The molecule has 2 N–H and O–H groups in total. The Balaban J connectivity index is 2.05. The highest BCUT2D eigenvalue weighted by Crippen LogP contribution is 2.35. The molecule has 0 bridgehead atoms. The number of aryl methyl sites for hydroxylation is 2. The van der Waals surface area contributed by atoms with Crippen molar-refractivity contribution in [2.24, 2.45) is 0 Å². The predicted octanol–water partition coefficient (Wildman–Crippen LogP) is 5.62. The molecule has 0 aliphatic carbocycles. The summed E-state index contributed by atoms with van der Waals surface area (Å²) in [5.74, 6) is 0.557. The zero-order valence-electron chi connectivity index (χ0n) is 19.3. The Morgan fingerprint density at radius 1 is 0.733 bits per heavy atom. The van der Waals surface area contributed by atoms with Crippen molar-refractivity contribution in [2.75, 3.05) is 0 Å². The van der Waals surface area contributed by atoms with Gasteiger partial charge < -0.3 is 10.2 Å². The monoisotopic (exact) mass is 434 g/mol. The SMILES string of the molecule is Cc1cc(COS(=O)OCc2cc(C)c(O)c(C(C)(C)C)c2)cc(C(C)(C)C)c1O. The Hall–Kier alpha value is -1.89. The van der Waals surface area contributed by atoms with Crippen LogP contribution in [0, 0.1) is 13.8 Å². The Kier molecular flexibility index (Phi) is 7.38. The summed E-state index contributed by atoms with van der Waals surface area (Å²) in [6.07, 6.45) is 0. The molecule has 2 aromatic carbocycles. The van der Waals surface area contributed by atoms with Crippen LogP contribution in [-0.4, -0.2) is 14.4 Å². The third-order valence-corrected chi connectivity index (χ3v) is 5.60. The highest BCUT2D eigenvalue weighted by Gasteiger charge is 2.22. The van der Waals surface area contributed by atoms with Gasteiger partial charge in [0.1, 0.15) is 11.5 Å². The van der Waals surface area contributed by atoms with Gasteiger partial charge in [-0.1, -0.05) is 53.7 Å². The first-order chi connectivity index (χ1) is 13.7. The molecule has 0 saturated carbocycles. The number of rotatable bonds is 6. The largest absolute Gasteiger partial charge is 0.507 e. The van der Waals surface area contributed by atoms with E-state index in [9.17, 15) is 14.4 Å². The number of aromatic hydroxyl groups is 2. The minimum atomic E-state index is -1.93. The maximum atomic E-state index is 12.2. The van der Waals surface area contributed by atoms with Crippen LogP contribution < -0.4 is 0 Å². The fourth-order valence-electron chi connectivity index (χ4n) is 3.29. The average Bonchev–Trinajstić information content (AvgIpc) is 2.61. The summed E-state index contributed by atoms with van der Waals surface area (Å²) in [5.41, 5.74) is 4.35. The van der Waals surface area contributed by atoms with Crippen molar-refractivity contribution in [2.45, 2.75) is 79.4 Å². The lowest BCUT2D eigenvalue weighted by Crippen LogP contribution is -2.13. The van der Waals surface area contributed by atoms with E-state index in [4.69, 9.17) is 8.37 Å². The Morgan fingerprint density at radius 2 is 1.07 bits per heavy atom. The molecule has 0 fully saturated rings. The van der Waals surface area contributed by atoms with Crippen molar-refractivity contribution >= 4 is 11.4 Å². The molecule has 0 aliphatic heterocycles. The summed E-state index contributed by atoms with van der Waals surface area (Å²) in [6, 6.07) is 7.39. The minimum Gasteiger partial charge on any atom is -0.507 e. The van der Waals surface area contributed by atoms with Gasteiger partial charge in [0.15, 0.2) is 0 Å². The molecule has 0 heterocycles. The summed E-state index contributed by atoms with van der Waals surface area (Å²) >= 11 is -1.93. The number of phenolic OH excluding ortho intramolecular Hbond substituents is 2. The van der Waals surface area contributed by atoms with E-state index in [-0.39, 0.29) is 35.5 Å². The van der Waals surface area contributed by atoms with Crippen LogP contribution in [0.3, 0.4) is 0 Å². The van der Waals surface area contributed by atoms with Crippen LogP contribution in [-0.2, 0) is 43.8 Å². The number of hydrogen-bond acceptors (Lipinski definition) is 5. The van der Waals surface area contributed by atoms with Crippen LogP contribution in [0.2, 0.25) is 0 Å². The molecule has 0 saturated heterocycles. The third kappa shape index (κ3) is 6.06. The van der Waals surface area contributed by atoms with Crippen LogP contribution in [0.25, 0.3) is 0 Å². The van der Waals surface area contributed by atoms with Gasteiger partial charge in [0.2, 0.25) is 0 Å². The molecule has 0 aliphatic rings. The highest BCUT2D eigenvalue weighted by molar-refractivity contribution is 7.75. The van der Waals surface area contributed by atoms with Gasteiger partial charge in [-0.2, -0.15) is 4.21 Å².